The van der Waals surface area contributed by atoms with Crippen LogP contribution in [0.1, 0.15) is 12.6 Å². The maximum absolute atomic E-state index is 12.0. The lowest BCUT2D eigenvalue weighted by Gasteiger charge is -2.08. The highest BCUT2D eigenvalue weighted by Crippen LogP contribution is 2.29. The first-order valence-electron chi connectivity index (χ1n) is 6.70. The Morgan fingerprint density at radius 1 is 1.45 bits per heavy atom. The van der Waals surface area contributed by atoms with E-state index in [0.29, 0.717) is 12.4 Å². The van der Waals surface area contributed by atoms with Gasteiger partial charge in [0.05, 0.1) is 23.3 Å². The number of anilines is 1. The number of benzene rings is 1. The van der Waals surface area contributed by atoms with Crippen LogP contribution < -0.4 is 10.1 Å². The maximum Gasteiger partial charge on any atom is 0.296 e. The SMILES string of the molecule is CCOc1ccc(NC(=O)Cn2ccc(C)n2)c([N+](=O)[O-])c1. The molecule has 1 aromatic carbocycles. The Bertz CT molecular complexity index is 696. The van der Waals surface area contributed by atoms with Crippen LogP contribution in [0.5, 0.6) is 5.75 Å². The molecule has 0 spiro atoms. The third-order valence-corrected chi connectivity index (χ3v) is 2.83. The summed E-state index contributed by atoms with van der Waals surface area (Å²) >= 11 is 0. The zero-order valence-electron chi connectivity index (χ0n) is 12.3. The zero-order chi connectivity index (χ0) is 16.1. The van der Waals surface area contributed by atoms with Gasteiger partial charge in [0.15, 0.2) is 0 Å². The number of nitro benzene ring substituents is 1. The molecule has 116 valence electrons. The second-order valence-electron chi connectivity index (χ2n) is 4.57. The van der Waals surface area contributed by atoms with Crippen LogP contribution >= 0.6 is 0 Å². The first-order chi connectivity index (χ1) is 10.5. The first kappa shape index (κ1) is 15.5. The molecule has 0 saturated carbocycles. The Labute approximate surface area is 126 Å². The van der Waals surface area contributed by atoms with Gasteiger partial charge >= 0.3 is 0 Å². The van der Waals surface area contributed by atoms with Crippen LogP contribution in [0.4, 0.5) is 11.4 Å². The van der Waals surface area contributed by atoms with Crippen LogP contribution in [-0.2, 0) is 11.3 Å². The molecule has 1 aromatic heterocycles. The quantitative estimate of drug-likeness (QED) is 0.651. The summed E-state index contributed by atoms with van der Waals surface area (Å²) in [5.41, 5.74) is 0.707. The fourth-order valence-electron chi connectivity index (χ4n) is 1.91. The molecular weight excluding hydrogens is 288 g/mol. The van der Waals surface area contributed by atoms with Gasteiger partial charge in [-0.25, -0.2) is 0 Å². The van der Waals surface area contributed by atoms with Crippen molar-refractivity contribution in [3.05, 3.63) is 46.3 Å². The maximum atomic E-state index is 12.0. The molecule has 1 heterocycles. The van der Waals surface area contributed by atoms with Crippen molar-refractivity contribution in [2.45, 2.75) is 20.4 Å². The van der Waals surface area contributed by atoms with Gasteiger partial charge < -0.3 is 10.1 Å². The molecule has 0 aliphatic rings. The van der Waals surface area contributed by atoms with Gasteiger partial charge in [-0.15, -0.1) is 0 Å². The topological polar surface area (TPSA) is 99.3 Å². The van der Waals surface area contributed by atoms with Gasteiger partial charge in [0, 0.05) is 6.20 Å². The van der Waals surface area contributed by atoms with E-state index < -0.39 is 10.8 Å². The van der Waals surface area contributed by atoms with Crippen LogP contribution in [0.25, 0.3) is 0 Å². The predicted octanol–water partition coefficient (Wildman–Crippen LogP) is 2.14. The number of rotatable bonds is 6. The molecule has 0 aliphatic heterocycles. The highest BCUT2D eigenvalue weighted by Gasteiger charge is 2.17. The van der Waals surface area contributed by atoms with E-state index in [0.717, 1.165) is 5.69 Å². The second-order valence-corrected chi connectivity index (χ2v) is 4.57. The van der Waals surface area contributed by atoms with Crippen LogP contribution in [0.2, 0.25) is 0 Å². The molecule has 1 amide bonds. The molecule has 0 unspecified atom stereocenters. The average molecular weight is 304 g/mol. The molecule has 0 atom stereocenters. The van der Waals surface area contributed by atoms with Crippen molar-refractivity contribution in [2.24, 2.45) is 0 Å². The summed E-state index contributed by atoms with van der Waals surface area (Å²) in [6.07, 6.45) is 1.67. The van der Waals surface area contributed by atoms with E-state index >= 15 is 0 Å². The minimum atomic E-state index is -0.559. The van der Waals surface area contributed by atoms with Crippen LogP contribution in [-0.4, -0.2) is 27.2 Å². The Kier molecular flexibility index (Phi) is 4.72. The van der Waals surface area contributed by atoms with Crippen molar-refractivity contribution in [1.29, 1.82) is 0 Å². The summed E-state index contributed by atoms with van der Waals surface area (Å²) in [6.45, 7) is 3.99. The van der Waals surface area contributed by atoms with E-state index in [4.69, 9.17) is 4.74 Å². The van der Waals surface area contributed by atoms with E-state index in [9.17, 15) is 14.9 Å². The average Bonchev–Trinajstić information content (AvgIpc) is 2.85. The molecule has 8 heteroatoms. The number of carbonyl (C=O) groups excluding carboxylic acids is 1. The van der Waals surface area contributed by atoms with Crippen LogP contribution in [0, 0.1) is 17.0 Å². The van der Waals surface area contributed by atoms with Gasteiger partial charge in [-0.3, -0.25) is 19.6 Å². The molecule has 0 aliphatic carbocycles. The summed E-state index contributed by atoms with van der Waals surface area (Å²) in [5, 5.41) is 17.7. The number of aromatic nitrogens is 2. The number of nitrogens with one attached hydrogen (secondary N) is 1. The minimum absolute atomic E-state index is 0.0157. The number of carbonyl (C=O) groups is 1. The zero-order valence-corrected chi connectivity index (χ0v) is 12.3. The molecule has 1 N–H and O–H groups in total. The summed E-state index contributed by atoms with van der Waals surface area (Å²) in [7, 11) is 0. The smallest absolute Gasteiger partial charge is 0.296 e. The third kappa shape index (κ3) is 3.81. The number of nitrogens with zero attached hydrogens (tertiary/aromatic N) is 3. The largest absolute Gasteiger partial charge is 0.494 e. The summed E-state index contributed by atoms with van der Waals surface area (Å²) < 4.78 is 6.69. The monoisotopic (exact) mass is 304 g/mol. The van der Waals surface area contributed by atoms with Crippen molar-refractivity contribution >= 4 is 17.3 Å². The van der Waals surface area contributed by atoms with Crippen LogP contribution in [0.3, 0.4) is 0 Å². The van der Waals surface area contributed by atoms with Crippen molar-refractivity contribution in [2.75, 3.05) is 11.9 Å². The Hall–Kier alpha value is -2.90. The van der Waals surface area contributed by atoms with Gasteiger partial charge in [-0.2, -0.15) is 5.10 Å². The molecule has 0 bridgehead atoms. The predicted molar refractivity (Wildman–Crippen MR) is 79.9 cm³/mol. The van der Waals surface area contributed by atoms with Crippen molar-refractivity contribution < 1.29 is 14.5 Å². The Balaban J connectivity index is 2.14. The standard InChI is InChI=1S/C14H16N4O4/c1-3-22-11-4-5-12(13(8-11)18(20)21)15-14(19)9-17-7-6-10(2)16-17/h4-8H,3,9H2,1-2H3,(H,15,19). The number of ether oxygens (including phenoxy) is 1. The van der Waals surface area contributed by atoms with Gasteiger partial charge in [0.2, 0.25) is 5.91 Å². The lowest BCUT2D eigenvalue weighted by atomic mass is 10.2. The Morgan fingerprint density at radius 2 is 2.23 bits per heavy atom. The van der Waals surface area contributed by atoms with Gasteiger partial charge in [0.25, 0.3) is 5.69 Å². The summed E-state index contributed by atoms with van der Waals surface area (Å²) in [5.74, 6) is -0.00902. The Morgan fingerprint density at radius 3 is 2.82 bits per heavy atom. The van der Waals surface area contributed by atoms with E-state index in [1.54, 1.807) is 25.3 Å². The lowest BCUT2D eigenvalue weighted by Crippen LogP contribution is -2.19. The van der Waals surface area contributed by atoms with Crippen molar-refractivity contribution in [3.8, 4) is 5.75 Å². The first-order valence-corrected chi connectivity index (χ1v) is 6.70. The number of nitro groups is 1. The molecule has 2 rings (SSSR count). The highest BCUT2D eigenvalue weighted by molar-refractivity contribution is 5.93. The summed E-state index contributed by atoms with van der Waals surface area (Å²) in [6, 6.07) is 6.09. The van der Waals surface area contributed by atoms with Gasteiger partial charge in [-0.05, 0) is 32.0 Å². The van der Waals surface area contributed by atoms with Crippen molar-refractivity contribution in [3.63, 3.8) is 0 Å². The van der Waals surface area contributed by atoms with E-state index in [1.165, 1.54) is 16.8 Å². The molecule has 0 saturated heterocycles. The molecule has 8 nitrogen and oxygen atoms in total. The fraction of sp³-hybridized carbons (Fsp3) is 0.286. The molecular formula is C14H16N4O4. The number of aryl methyl sites for hydroxylation is 1. The van der Waals surface area contributed by atoms with E-state index in [1.807, 2.05) is 6.92 Å². The molecule has 22 heavy (non-hydrogen) atoms. The number of hydrogen-bond donors (Lipinski definition) is 1. The van der Waals surface area contributed by atoms with Gasteiger partial charge in [0.1, 0.15) is 18.0 Å². The lowest BCUT2D eigenvalue weighted by molar-refractivity contribution is -0.384. The molecule has 0 radical (unpaired) electrons. The number of hydrogen-bond acceptors (Lipinski definition) is 5. The third-order valence-electron chi connectivity index (χ3n) is 2.83. The normalized spacial score (nSPS) is 10.3. The highest BCUT2D eigenvalue weighted by atomic mass is 16.6. The van der Waals surface area contributed by atoms with Crippen molar-refractivity contribution in [1.82, 2.24) is 9.78 Å². The van der Waals surface area contributed by atoms with Crippen LogP contribution in [0.15, 0.2) is 30.5 Å². The fourth-order valence-corrected chi connectivity index (χ4v) is 1.91. The number of amides is 1. The van der Waals surface area contributed by atoms with E-state index in [-0.39, 0.29) is 17.9 Å². The minimum Gasteiger partial charge on any atom is -0.494 e. The van der Waals surface area contributed by atoms with Gasteiger partial charge in [-0.1, -0.05) is 0 Å². The molecule has 0 fully saturated rings. The summed E-state index contributed by atoms with van der Waals surface area (Å²) in [4.78, 5) is 22.5. The second kappa shape index (κ2) is 6.70. The molecule has 2 aromatic rings. The van der Waals surface area contributed by atoms with E-state index in [2.05, 4.69) is 10.4 Å².